The normalized spacial score (nSPS) is 15.9. The average Bonchev–Trinajstić information content (AvgIpc) is 3.27. The minimum absolute atomic E-state index is 0.0580. The van der Waals surface area contributed by atoms with Gasteiger partial charge in [-0.3, -0.25) is 4.79 Å². The van der Waals surface area contributed by atoms with E-state index in [1.807, 2.05) is 0 Å². The van der Waals surface area contributed by atoms with Crippen molar-refractivity contribution in [2.75, 3.05) is 0 Å². The molecule has 5 nitrogen and oxygen atoms in total. The molecular weight excluding hydrogens is 330 g/mol. The fourth-order valence-corrected chi connectivity index (χ4v) is 2.94. The first-order valence-corrected chi connectivity index (χ1v) is 8.31. The molecule has 0 spiro atoms. The minimum atomic E-state index is -1.04. The van der Waals surface area contributed by atoms with Crippen LogP contribution in [-0.4, -0.2) is 17.9 Å². The zero-order valence-corrected chi connectivity index (χ0v) is 13.8. The number of nitrogens with one attached hydrogen (secondary N) is 1. The summed E-state index contributed by atoms with van der Waals surface area (Å²) in [5.41, 5.74) is 0.565. The Labute approximate surface area is 144 Å². The molecule has 1 aromatic heterocycles. The van der Waals surface area contributed by atoms with Gasteiger partial charge in [-0.25, -0.2) is 4.79 Å². The molecule has 1 aromatic carbocycles. The van der Waals surface area contributed by atoms with Gasteiger partial charge in [0.15, 0.2) is 0 Å². The van der Waals surface area contributed by atoms with E-state index in [0.717, 1.165) is 25.7 Å². The maximum Gasteiger partial charge on any atom is 0.375 e. The summed E-state index contributed by atoms with van der Waals surface area (Å²) in [6.45, 7) is 0. The molecule has 2 aromatic rings. The Kier molecular flexibility index (Phi) is 5.20. The maximum absolute atomic E-state index is 12.6. The Morgan fingerprint density at radius 3 is 2.50 bits per heavy atom. The molecule has 1 atom stereocenters. The van der Waals surface area contributed by atoms with Crippen LogP contribution in [0.5, 0.6) is 0 Å². The number of ether oxygens (including phenoxy) is 1. The lowest BCUT2D eigenvalue weighted by molar-refractivity contribution is -0.131. The molecule has 1 N–H and O–H groups in total. The molecule has 1 aliphatic carbocycles. The molecule has 1 saturated carbocycles. The molecule has 1 fully saturated rings. The fraction of sp³-hybridized carbons (Fsp3) is 0.333. The molecule has 1 heterocycles. The van der Waals surface area contributed by atoms with Gasteiger partial charge in [-0.15, -0.1) is 0 Å². The van der Waals surface area contributed by atoms with Crippen LogP contribution >= 0.6 is 11.6 Å². The first-order valence-electron chi connectivity index (χ1n) is 7.94. The molecule has 1 amide bonds. The number of carbonyl (C=O) groups excluding carboxylic acids is 2. The van der Waals surface area contributed by atoms with Crippen molar-refractivity contribution in [1.29, 1.82) is 0 Å². The fourth-order valence-electron chi connectivity index (χ4n) is 2.82. The lowest BCUT2D eigenvalue weighted by Crippen LogP contribution is -2.38. The second-order valence-electron chi connectivity index (χ2n) is 5.80. The van der Waals surface area contributed by atoms with Crippen molar-refractivity contribution in [1.82, 2.24) is 5.32 Å². The summed E-state index contributed by atoms with van der Waals surface area (Å²) < 4.78 is 10.4. The van der Waals surface area contributed by atoms with Crippen LogP contribution in [0.3, 0.4) is 0 Å². The van der Waals surface area contributed by atoms with Gasteiger partial charge in [-0.1, -0.05) is 36.6 Å². The number of furan rings is 1. The zero-order chi connectivity index (χ0) is 16.9. The van der Waals surface area contributed by atoms with E-state index in [2.05, 4.69) is 5.32 Å². The van der Waals surface area contributed by atoms with Gasteiger partial charge in [0.2, 0.25) is 11.9 Å². The Bertz CT molecular complexity index is 690. The van der Waals surface area contributed by atoms with Crippen molar-refractivity contribution in [3.05, 3.63) is 59.0 Å². The quantitative estimate of drug-likeness (QED) is 0.833. The molecule has 1 unspecified atom stereocenters. The highest BCUT2D eigenvalue weighted by atomic mass is 35.5. The van der Waals surface area contributed by atoms with E-state index in [-0.39, 0.29) is 17.7 Å². The van der Waals surface area contributed by atoms with Crippen LogP contribution in [0.1, 0.15) is 47.9 Å². The predicted molar refractivity (Wildman–Crippen MR) is 88.7 cm³/mol. The SMILES string of the molecule is O=C(OC(C(=O)NC1CCCC1)c1ccc(Cl)cc1)c1ccco1. The molecular formula is C18H18ClNO4. The number of esters is 1. The number of hydrogen-bond donors (Lipinski definition) is 1. The number of halogens is 1. The van der Waals surface area contributed by atoms with Crippen LogP contribution < -0.4 is 5.32 Å². The average molecular weight is 348 g/mol. The molecule has 0 aliphatic heterocycles. The van der Waals surface area contributed by atoms with E-state index in [1.54, 1.807) is 30.3 Å². The summed E-state index contributed by atoms with van der Waals surface area (Å²) in [7, 11) is 0. The van der Waals surface area contributed by atoms with Crippen molar-refractivity contribution in [2.24, 2.45) is 0 Å². The second-order valence-corrected chi connectivity index (χ2v) is 6.24. The van der Waals surface area contributed by atoms with Crippen LogP contribution in [0.15, 0.2) is 47.1 Å². The van der Waals surface area contributed by atoms with Crippen LogP contribution in [0.4, 0.5) is 0 Å². The highest BCUT2D eigenvalue weighted by Crippen LogP contribution is 2.24. The van der Waals surface area contributed by atoms with Crippen molar-refractivity contribution < 1.29 is 18.7 Å². The zero-order valence-electron chi connectivity index (χ0n) is 13.0. The second kappa shape index (κ2) is 7.53. The smallest absolute Gasteiger partial charge is 0.375 e. The Morgan fingerprint density at radius 1 is 1.17 bits per heavy atom. The third-order valence-electron chi connectivity index (χ3n) is 4.06. The molecule has 24 heavy (non-hydrogen) atoms. The Morgan fingerprint density at radius 2 is 1.88 bits per heavy atom. The first-order chi connectivity index (χ1) is 11.6. The van der Waals surface area contributed by atoms with Gasteiger partial charge >= 0.3 is 5.97 Å². The summed E-state index contributed by atoms with van der Waals surface area (Å²) >= 11 is 5.90. The molecule has 3 rings (SSSR count). The van der Waals surface area contributed by atoms with Crippen molar-refractivity contribution in [2.45, 2.75) is 37.8 Å². The van der Waals surface area contributed by atoms with Crippen LogP contribution in [0.2, 0.25) is 5.02 Å². The Balaban J connectivity index is 1.78. The van der Waals surface area contributed by atoms with Crippen LogP contribution in [0, 0.1) is 0 Å². The van der Waals surface area contributed by atoms with Gasteiger partial charge in [0.1, 0.15) is 0 Å². The number of rotatable bonds is 5. The van der Waals surface area contributed by atoms with Gasteiger partial charge in [0.05, 0.1) is 6.26 Å². The lowest BCUT2D eigenvalue weighted by Gasteiger charge is -2.20. The Hall–Kier alpha value is -2.27. The first kappa shape index (κ1) is 16.6. The maximum atomic E-state index is 12.6. The van der Waals surface area contributed by atoms with Gasteiger partial charge in [0.25, 0.3) is 5.91 Å². The summed E-state index contributed by atoms with van der Waals surface area (Å²) in [6, 6.07) is 9.89. The highest BCUT2D eigenvalue weighted by Gasteiger charge is 2.29. The van der Waals surface area contributed by atoms with E-state index < -0.39 is 12.1 Å². The lowest BCUT2D eigenvalue weighted by atomic mass is 10.1. The molecule has 6 heteroatoms. The standard InChI is InChI=1S/C18H18ClNO4/c19-13-9-7-12(8-10-13)16(17(21)20-14-4-1-2-5-14)24-18(22)15-6-3-11-23-15/h3,6-11,14,16H,1-2,4-5H2,(H,20,21). The molecule has 1 aliphatic rings. The van der Waals surface area contributed by atoms with Gasteiger partial charge in [-0.05, 0) is 37.1 Å². The summed E-state index contributed by atoms with van der Waals surface area (Å²) in [6.07, 6.45) is 4.44. The largest absolute Gasteiger partial charge is 0.457 e. The number of amides is 1. The van der Waals surface area contributed by atoms with Crippen molar-refractivity contribution >= 4 is 23.5 Å². The monoisotopic (exact) mass is 347 g/mol. The van der Waals surface area contributed by atoms with Crippen molar-refractivity contribution in [3.63, 3.8) is 0 Å². The van der Waals surface area contributed by atoms with Crippen molar-refractivity contribution in [3.8, 4) is 0 Å². The predicted octanol–water partition coefficient (Wildman–Crippen LogP) is 3.89. The molecule has 126 valence electrons. The molecule has 0 radical (unpaired) electrons. The van der Waals surface area contributed by atoms with Crippen LogP contribution in [-0.2, 0) is 9.53 Å². The highest BCUT2D eigenvalue weighted by molar-refractivity contribution is 6.30. The van der Waals surface area contributed by atoms with E-state index in [0.29, 0.717) is 10.6 Å². The minimum Gasteiger partial charge on any atom is -0.457 e. The third-order valence-corrected chi connectivity index (χ3v) is 4.31. The van der Waals surface area contributed by atoms with Gasteiger partial charge in [-0.2, -0.15) is 0 Å². The van der Waals surface area contributed by atoms with E-state index in [4.69, 9.17) is 20.8 Å². The summed E-state index contributed by atoms with van der Waals surface area (Å²) in [5, 5.41) is 3.51. The van der Waals surface area contributed by atoms with Crippen LogP contribution in [0.25, 0.3) is 0 Å². The van der Waals surface area contributed by atoms with E-state index >= 15 is 0 Å². The topological polar surface area (TPSA) is 68.5 Å². The van der Waals surface area contributed by atoms with E-state index in [9.17, 15) is 9.59 Å². The molecule has 0 bridgehead atoms. The van der Waals surface area contributed by atoms with E-state index in [1.165, 1.54) is 12.3 Å². The number of hydrogen-bond acceptors (Lipinski definition) is 4. The summed E-state index contributed by atoms with van der Waals surface area (Å²) in [5.74, 6) is -0.951. The number of benzene rings is 1. The van der Waals surface area contributed by atoms with Gasteiger partial charge in [0, 0.05) is 16.6 Å². The molecule has 0 saturated heterocycles. The number of carbonyl (C=O) groups is 2. The van der Waals surface area contributed by atoms with Gasteiger partial charge < -0.3 is 14.5 Å². The third kappa shape index (κ3) is 3.97. The summed E-state index contributed by atoms with van der Waals surface area (Å²) in [4.78, 5) is 24.8.